The molecule has 2 N–H and O–H groups in total. The molecule has 0 radical (unpaired) electrons. The minimum absolute atomic E-state index is 0.680. The standard InChI is InChI=1S/C11H12BrN3/c1-7-3-4-8(10(12)5-7)9-6-14-15(2)11(9)13/h3-6H,13H2,1-2H3. The second-order valence-corrected chi connectivity index (χ2v) is 4.40. The maximum Gasteiger partial charge on any atom is 0.129 e. The van der Waals surface area contributed by atoms with E-state index in [1.807, 2.05) is 13.1 Å². The van der Waals surface area contributed by atoms with E-state index in [1.165, 1.54) is 5.56 Å². The third-order valence-corrected chi connectivity index (χ3v) is 3.06. The van der Waals surface area contributed by atoms with Gasteiger partial charge in [0.2, 0.25) is 0 Å². The zero-order chi connectivity index (χ0) is 11.0. The quantitative estimate of drug-likeness (QED) is 0.862. The molecule has 4 heteroatoms. The molecule has 3 nitrogen and oxygen atoms in total. The maximum absolute atomic E-state index is 5.92. The van der Waals surface area contributed by atoms with Gasteiger partial charge in [0.25, 0.3) is 0 Å². The molecule has 0 saturated heterocycles. The van der Waals surface area contributed by atoms with Crippen molar-refractivity contribution in [1.82, 2.24) is 9.78 Å². The summed E-state index contributed by atoms with van der Waals surface area (Å²) in [6, 6.07) is 6.18. The summed E-state index contributed by atoms with van der Waals surface area (Å²) in [5.41, 5.74) is 9.17. The second kappa shape index (κ2) is 3.70. The van der Waals surface area contributed by atoms with Crippen molar-refractivity contribution in [2.75, 3.05) is 5.73 Å². The van der Waals surface area contributed by atoms with Gasteiger partial charge in [0.15, 0.2) is 0 Å². The van der Waals surface area contributed by atoms with Crippen LogP contribution in [0.25, 0.3) is 11.1 Å². The zero-order valence-corrected chi connectivity index (χ0v) is 10.2. The van der Waals surface area contributed by atoms with Crippen molar-refractivity contribution >= 4 is 21.7 Å². The van der Waals surface area contributed by atoms with E-state index in [2.05, 4.69) is 40.1 Å². The van der Waals surface area contributed by atoms with Crippen molar-refractivity contribution in [1.29, 1.82) is 0 Å². The number of benzene rings is 1. The minimum atomic E-state index is 0.680. The monoisotopic (exact) mass is 265 g/mol. The molecule has 0 bridgehead atoms. The van der Waals surface area contributed by atoms with Crippen molar-refractivity contribution < 1.29 is 0 Å². The van der Waals surface area contributed by atoms with Gasteiger partial charge in [-0.1, -0.05) is 28.1 Å². The van der Waals surface area contributed by atoms with E-state index in [4.69, 9.17) is 5.73 Å². The van der Waals surface area contributed by atoms with E-state index in [0.29, 0.717) is 5.82 Å². The van der Waals surface area contributed by atoms with Crippen molar-refractivity contribution in [2.45, 2.75) is 6.92 Å². The second-order valence-electron chi connectivity index (χ2n) is 3.55. The molecule has 0 unspecified atom stereocenters. The first-order valence-corrected chi connectivity index (χ1v) is 5.43. The number of rotatable bonds is 1. The van der Waals surface area contributed by atoms with E-state index in [0.717, 1.165) is 15.6 Å². The van der Waals surface area contributed by atoms with Crippen LogP contribution in [0.4, 0.5) is 5.82 Å². The molecule has 0 spiro atoms. The minimum Gasteiger partial charge on any atom is -0.383 e. The first kappa shape index (κ1) is 10.2. The van der Waals surface area contributed by atoms with Gasteiger partial charge in [-0.2, -0.15) is 5.10 Å². The number of anilines is 1. The van der Waals surface area contributed by atoms with Gasteiger partial charge in [0.05, 0.1) is 6.20 Å². The Morgan fingerprint density at radius 3 is 2.60 bits per heavy atom. The lowest BCUT2D eigenvalue weighted by Gasteiger charge is -2.04. The van der Waals surface area contributed by atoms with Crippen LogP contribution in [0, 0.1) is 6.92 Å². The Labute approximate surface area is 97.0 Å². The summed E-state index contributed by atoms with van der Waals surface area (Å²) in [6.45, 7) is 2.06. The van der Waals surface area contributed by atoms with Crippen molar-refractivity contribution in [3.8, 4) is 11.1 Å². The van der Waals surface area contributed by atoms with Gasteiger partial charge in [-0.05, 0) is 18.6 Å². The predicted molar refractivity (Wildman–Crippen MR) is 65.5 cm³/mol. The first-order chi connectivity index (χ1) is 7.09. The topological polar surface area (TPSA) is 43.8 Å². The molecule has 15 heavy (non-hydrogen) atoms. The fourth-order valence-electron chi connectivity index (χ4n) is 1.49. The van der Waals surface area contributed by atoms with Crippen LogP contribution >= 0.6 is 15.9 Å². The van der Waals surface area contributed by atoms with E-state index < -0.39 is 0 Å². The summed E-state index contributed by atoms with van der Waals surface area (Å²) >= 11 is 3.53. The molecular weight excluding hydrogens is 254 g/mol. The van der Waals surface area contributed by atoms with E-state index in [1.54, 1.807) is 10.9 Å². The number of halogens is 1. The van der Waals surface area contributed by atoms with Gasteiger partial charge < -0.3 is 5.73 Å². The van der Waals surface area contributed by atoms with Crippen LogP contribution < -0.4 is 5.73 Å². The molecule has 0 atom stereocenters. The normalized spacial score (nSPS) is 10.6. The lowest BCUT2D eigenvalue weighted by molar-refractivity contribution is 0.779. The highest BCUT2D eigenvalue weighted by Gasteiger charge is 2.10. The average Bonchev–Trinajstić information content (AvgIpc) is 2.49. The number of hydrogen-bond donors (Lipinski definition) is 1. The highest BCUT2D eigenvalue weighted by molar-refractivity contribution is 9.10. The molecule has 78 valence electrons. The van der Waals surface area contributed by atoms with Crippen molar-refractivity contribution in [3.63, 3.8) is 0 Å². The molecule has 2 rings (SSSR count). The van der Waals surface area contributed by atoms with Crippen molar-refractivity contribution in [2.24, 2.45) is 7.05 Å². The van der Waals surface area contributed by atoms with Gasteiger partial charge in [-0.3, -0.25) is 4.68 Å². The van der Waals surface area contributed by atoms with Crippen molar-refractivity contribution in [3.05, 3.63) is 34.4 Å². The van der Waals surface area contributed by atoms with Crippen LogP contribution in [0.3, 0.4) is 0 Å². The zero-order valence-electron chi connectivity index (χ0n) is 8.66. The highest BCUT2D eigenvalue weighted by atomic mass is 79.9. The Bertz CT molecular complexity index is 503. The summed E-state index contributed by atoms with van der Waals surface area (Å²) in [4.78, 5) is 0. The number of nitrogens with zero attached hydrogens (tertiary/aromatic N) is 2. The highest BCUT2D eigenvalue weighted by Crippen LogP contribution is 2.32. The van der Waals surface area contributed by atoms with Crippen LogP contribution in [0.5, 0.6) is 0 Å². The first-order valence-electron chi connectivity index (χ1n) is 4.63. The van der Waals surface area contributed by atoms with Crippen LogP contribution in [0.15, 0.2) is 28.9 Å². The van der Waals surface area contributed by atoms with E-state index in [9.17, 15) is 0 Å². The molecule has 0 amide bonds. The molecule has 2 aromatic rings. The molecule has 1 aromatic heterocycles. The predicted octanol–water partition coefficient (Wildman–Crippen LogP) is 2.74. The van der Waals surface area contributed by atoms with Gasteiger partial charge >= 0.3 is 0 Å². The number of nitrogen functional groups attached to an aromatic ring is 1. The van der Waals surface area contributed by atoms with E-state index in [-0.39, 0.29) is 0 Å². The molecule has 0 fully saturated rings. The van der Waals surface area contributed by atoms with Gasteiger partial charge in [-0.25, -0.2) is 0 Å². The summed E-state index contributed by atoms with van der Waals surface area (Å²) in [7, 11) is 1.83. The lowest BCUT2D eigenvalue weighted by Crippen LogP contribution is -1.98. The number of hydrogen-bond acceptors (Lipinski definition) is 2. The molecule has 0 aliphatic carbocycles. The molecule has 0 aliphatic rings. The van der Waals surface area contributed by atoms with Crippen LogP contribution in [0.1, 0.15) is 5.56 Å². The fourth-order valence-corrected chi connectivity index (χ4v) is 2.20. The molecule has 0 aliphatic heterocycles. The third kappa shape index (κ3) is 1.77. The fraction of sp³-hybridized carbons (Fsp3) is 0.182. The molecule has 1 heterocycles. The largest absolute Gasteiger partial charge is 0.383 e. The molecular formula is C11H12BrN3. The average molecular weight is 266 g/mol. The summed E-state index contributed by atoms with van der Waals surface area (Å²) in [5.74, 6) is 0.680. The Morgan fingerprint density at radius 2 is 2.07 bits per heavy atom. The van der Waals surface area contributed by atoms with E-state index >= 15 is 0 Å². The smallest absolute Gasteiger partial charge is 0.129 e. The third-order valence-electron chi connectivity index (χ3n) is 2.40. The number of nitrogens with two attached hydrogens (primary N) is 1. The van der Waals surface area contributed by atoms with Gasteiger partial charge in [-0.15, -0.1) is 0 Å². The van der Waals surface area contributed by atoms with Crippen LogP contribution in [-0.4, -0.2) is 9.78 Å². The lowest BCUT2D eigenvalue weighted by atomic mass is 10.1. The number of aryl methyl sites for hydroxylation is 2. The van der Waals surface area contributed by atoms with Gasteiger partial charge in [0.1, 0.15) is 5.82 Å². The van der Waals surface area contributed by atoms with Crippen LogP contribution in [0.2, 0.25) is 0 Å². The SMILES string of the molecule is Cc1ccc(-c2cnn(C)c2N)c(Br)c1. The Morgan fingerprint density at radius 1 is 1.33 bits per heavy atom. The number of aromatic nitrogens is 2. The summed E-state index contributed by atoms with van der Waals surface area (Å²) in [6.07, 6.45) is 1.78. The Hall–Kier alpha value is -1.29. The van der Waals surface area contributed by atoms with Crippen LogP contribution in [-0.2, 0) is 7.05 Å². The summed E-state index contributed by atoms with van der Waals surface area (Å²) in [5, 5.41) is 4.13. The molecule has 1 aromatic carbocycles. The Balaban J connectivity index is 2.59. The maximum atomic E-state index is 5.92. The van der Waals surface area contributed by atoms with Gasteiger partial charge in [0, 0.05) is 22.6 Å². The summed E-state index contributed by atoms with van der Waals surface area (Å²) < 4.78 is 2.71. The molecule has 0 saturated carbocycles. The Kier molecular flexibility index (Phi) is 2.52.